The summed E-state index contributed by atoms with van der Waals surface area (Å²) in [4.78, 5) is 15.5. The van der Waals surface area contributed by atoms with Gasteiger partial charge in [0.25, 0.3) is 5.91 Å². The number of hydrogen-bond donors (Lipinski definition) is 2. The zero-order valence-electron chi connectivity index (χ0n) is 12.5. The van der Waals surface area contributed by atoms with Gasteiger partial charge in [0.2, 0.25) is 5.67 Å². The zero-order valence-corrected chi connectivity index (χ0v) is 12.5. The van der Waals surface area contributed by atoms with Crippen LogP contribution in [0.15, 0.2) is 52.6 Å². The minimum Gasteiger partial charge on any atom is -0.370 e. The van der Waals surface area contributed by atoms with E-state index in [1.807, 2.05) is 19.1 Å². The van der Waals surface area contributed by atoms with Gasteiger partial charge < -0.3 is 11.5 Å². The Morgan fingerprint density at radius 2 is 2.19 bits per heavy atom. The summed E-state index contributed by atoms with van der Waals surface area (Å²) in [7, 11) is 0. The quantitative estimate of drug-likeness (QED) is 0.464. The topological polar surface area (TPSA) is 81.5 Å². The summed E-state index contributed by atoms with van der Waals surface area (Å²) in [5, 5.41) is 0. The van der Waals surface area contributed by atoms with Gasteiger partial charge in [-0.3, -0.25) is 4.79 Å². The number of guanidine groups is 1. The number of carbonyl (C=O) groups is 1. The molecule has 1 atom stereocenters. The fourth-order valence-electron chi connectivity index (χ4n) is 2.12. The lowest BCUT2D eigenvalue weighted by molar-refractivity contribution is -0.126. The van der Waals surface area contributed by atoms with Crippen molar-refractivity contribution in [1.82, 2.24) is 0 Å². The normalized spacial score (nSPS) is 18.2. The molecule has 0 aliphatic heterocycles. The van der Waals surface area contributed by atoms with E-state index >= 15 is 4.39 Å². The molecule has 0 heterocycles. The highest BCUT2D eigenvalue weighted by atomic mass is 19.1. The van der Waals surface area contributed by atoms with Crippen molar-refractivity contribution >= 4 is 11.9 Å². The molecule has 0 spiro atoms. The lowest BCUT2D eigenvalue weighted by Crippen LogP contribution is -2.38. The molecule has 1 unspecified atom stereocenters. The van der Waals surface area contributed by atoms with E-state index in [1.165, 1.54) is 0 Å². The van der Waals surface area contributed by atoms with Gasteiger partial charge in [-0.1, -0.05) is 42.0 Å². The van der Waals surface area contributed by atoms with Crippen LogP contribution in [0.3, 0.4) is 0 Å². The van der Waals surface area contributed by atoms with Crippen LogP contribution in [-0.2, 0) is 4.79 Å². The summed E-state index contributed by atoms with van der Waals surface area (Å²) >= 11 is 0. The van der Waals surface area contributed by atoms with Gasteiger partial charge in [-0.2, -0.15) is 4.99 Å². The van der Waals surface area contributed by atoms with Crippen LogP contribution in [0.4, 0.5) is 4.39 Å². The Labute approximate surface area is 124 Å². The Morgan fingerprint density at radius 1 is 1.48 bits per heavy atom. The number of hydrogen-bond acceptors (Lipinski definition) is 1. The largest absolute Gasteiger partial charge is 0.370 e. The van der Waals surface area contributed by atoms with Crippen molar-refractivity contribution < 1.29 is 9.18 Å². The fourth-order valence-corrected chi connectivity index (χ4v) is 2.12. The summed E-state index contributed by atoms with van der Waals surface area (Å²) in [6, 6.07) is 0. The average molecular weight is 291 g/mol. The number of allylic oxidation sites excluding steroid dienone is 7. The first-order chi connectivity index (χ1) is 9.90. The first kappa shape index (κ1) is 16.9. The van der Waals surface area contributed by atoms with Crippen molar-refractivity contribution in [3.63, 3.8) is 0 Å². The van der Waals surface area contributed by atoms with Crippen LogP contribution in [0.2, 0.25) is 0 Å². The molecule has 5 heteroatoms. The molecule has 0 aromatic carbocycles. The van der Waals surface area contributed by atoms with E-state index in [9.17, 15) is 4.79 Å². The van der Waals surface area contributed by atoms with E-state index in [1.54, 1.807) is 31.2 Å². The van der Waals surface area contributed by atoms with Crippen LogP contribution in [0.1, 0.15) is 33.1 Å². The van der Waals surface area contributed by atoms with E-state index < -0.39 is 17.5 Å². The van der Waals surface area contributed by atoms with Gasteiger partial charge >= 0.3 is 0 Å². The van der Waals surface area contributed by atoms with E-state index in [2.05, 4.69) is 4.99 Å². The van der Waals surface area contributed by atoms with Crippen LogP contribution < -0.4 is 11.5 Å². The number of nitrogens with two attached hydrogens (primary N) is 2. The number of rotatable bonds is 5. The molecule has 1 aliphatic carbocycles. The van der Waals surface area contributed by atoms with E-state index in [4.69, 9.17) is 11.5 Å². The number of amides is 1. The number of alkyl halides is 1. The summed E-state index contributed by atoms with van der Waals surface area (Å²) in [6.45, 7) is 3.63. The van der Waals surface area contributed by atoms with Crippen LogP contribution in [0.5, 0.6) is 0 Å². The summed E-state index contributed by atoms with van der Waals surface area (Å²) in [5.41, 5.74) is 9.23. The molecule has 1 rings (SSSR count). The van der Waals surface area contributed by atoms with Gasteiger partial charge in [0.15, 0.2) is 5.96 Å². The smallest absolute Gasteiger partial charge is 0.291 e. The maximum Gasteiger partial charge on any atom is 0.291 e. The van der Waals surface area contributed by atoms with Crippen LogP contribution in [0, 0.1) is 0 Å². The highest BCUT2D eigenvalue weighted by Gasteiger charge is 2.42. The van der Waals surface area contributed by atoms with Gasteiger partial charge in [0, 0.05) is 6.42 Å². The molecule has 4 N–H and O–H groups in total. The molecule has 0 aromatic rings. The third kappa shape index (κ3) is 4.70. The van der Waals surface area contributed by atoms with Crippen molar-refractivity contribution in [1.29, 1.82) is 0 Å². The molecule has 0 saturated carbocycles. The number of carbonyl (C=O) groups excluding carboxylic acids is 1. The lowest BCUT2D eigenvalue weighted by atomic mass is 9.85. The molecule has 0 bridgehead atoms. The van der Waals surface area contributed by atoms with Crippen molar-refractivity contribution in [2.75, 3.05) is 0 Å². The second-order valence-electron chi connectivity index (χ2n) is 5.00. The van der Waals surface area contributed by atoms with Gasteiger partial charge in [0.05, 0.1) is 0 Å². The molecule has 0 radical (unpaired) electrons. The Morgan fingerprint density at radius 3 is 2.71 bits per heavy atom. The Bertz CT molecular complexity index is 540. The Kier molecular flexibility index (Phi) is 6.09. The van der Waals surface area contributed by atoms with Gasteiger partial charge in [0.1, 0.15) is 0 Å². The maximum atomic E-state index is 15.4. The molecule has 1 aliphatic rings. The third-order valence-corrected chi connectivity index (χ3v) is 3.12. The molecule has 1 amide bonds. The lowest BCUT2D eigenvalue weighted by Gasteiger charge is -2.25. The molecule has 0 aromatic heterocycles. The SMILES string of the molecule is CC=CC=C(C)CC(F)(C(=O)N=C(N)N)C1=CCCC=C1. The molecule has 114 valence electrons. The molecule has 0 saturated heterocycles. The predicted molar refractivity (Wildman–Crippen MR) is 84.3 cm³/mol. The monoisotopic (exact) mass is 291 g/mol. The van der Waals surface area contributed by atoms with E-state index in [-0.39, 0.29) is 6.42 Å². The average Bonchev–Trinajstić information content (AvgIpc) is 2.45. The molecule has 0 fully saturated rings. The maximum absolute atomic E-state index is 15.4. The third-order valence-electron chi connectivity index (χ3n) is 3.12. The second kappa shape index (κ2) is 7.57. The molecule has 4 nitrogen and oxygen atoms in total. The standard InChI is InChI=1S/C16H22FN3O/c1-3-4-8-12(2)11-16(17,14(21)20-15(18)19)13-9-6-5-7-10-13/h3-4,6,8-10H,5,7,11H2,1-2H3,(H4,18,19,20,21). The highest BCUT2D eigenvalue weighted by Crippen LogP contribution is 2.34. The summed E-state index contributed by atoms with van der Waals surface area (Å²) < 4.78 is 15.4. The summed E-state index contributed by atoms with van der Waals surface area (Å²) in [5.74, 6) is -1.40. The highest BCUT2D eigenvalue weighted by molar-refractivity contribution is 5.98. The van der Waals surface area contributed by atoms with Crippen LogP contribution >= 0.6 is 0 Å². The number of nitrogens with zero attached hydrogens (tertiary/aromatic N) is 1. The summed E-state index contributed by atoms with van der Waals surface area (Å²) in [6.07, 6.45) is 12.1. The van der Waals surface area contributed by atoms with E-state index in [0.29, 0.717) is 12.0 Å². The number of aliphatic imine (C=N–C) groups is 1. The fraction of sp³-hybridized carbons (Fsp3) is 0.375. The molecule has 21 heavy (non-hydrogen) atoms. The first-order valence-corrected chi connectivity index (χ1v) is 6.88. The first-order valence-electron chi connectivity index (χ1n) is 6.88. The Balaban J connectivity index is 3.16. The molecular formula is C16H22FN3O. The minimum atomic E-state index is -2.23. The number of halogens is 1. The van der Waals surface area contributed by atoms with Gasteiger partial charge in [-0.25, -0.2) is 4.39 Å². The van der Waals surface area contributed by atoms with Crippen LogP contribution in [0.25, 0.3) is 0 Å². The molecular weight excluding hydrogens is 269 g/mol. The predicted octanol–water partition coefficient (Wildman–Crippen LogP) is 2.68. The van der Waals surface area contributed by atoms with Gasteiger partial charge in [-0.15, -0.1) is 0 Å². The Hall–Kier alpha value is -2.17. The van der Waals surface area contributed by atoms with Gasteiger partial charge in [-0.05, 0) is 32.3 Å². The van der Waals surface area contributed by atoms with E-state index in [0.717, 1.165) is 12.0 Å². The minimum absolute atomic E-state index is 0.0802. The zero-order chi connectivity index (χ0) is 15.9. The van der Waals surface area contributed by atoms with Crippen molar-refractivity contribution in [2.24, 2.45) is 16.5 Å². The van der Waals surface area contributed by atoms with Crippen LogP contribution in [-0.4, -0.2) is 17.5 Å². The van der Waals surface area contributed by atoms with Crippen molar-refractivity contribution in [3.8, 4) is 0 Å². The second-order valence-corrected chi connectivity index (χ2v) is 5.00. The van der Waals surface area contributed by atoms with Crippen molar-refractivity contribution in [2.45, 2.75) is 38.8 Å². The van der Waals surface area contributed by atoms with Crippen molar-refractivity contribution in [3.05, 3.63) is 47.6 Å².